The molecule has 0 radical (unpaired) electrons. The zero-order chi connectivity index (χ0) is 24.4. The van der Waals surface area contributed by atoms with Crippen molar-refractivity contribution in [2.45, 2.75) is 10.7 Å². The molecule has 0 amide bonds. The molecule has 0 atom stereocenters. The number of allylic oxidation sites excluding steroid dienone is 2. The van der Waals surface area contributed by atoms with Crippen molar-refractivity contribution in [1.82, 2.24) is 0 Å². The summed E-state index contributed by atoms with van der Waals surface area (Å²) in [6.07, 6.45) is 3.32. The normalized spacial score (nSPS) is 20.9. The van der Waals surface area contributed by atoms with Crippen LogP contribution in [0.1, 0.15) is 49.7 Å². The van der Waals surface area contributed by atoms with Crippen LogP contribution in [0.4, 0.5) is 5.69 Å². The van der Waals surface area contributed by atoms with Crippen LogP contribution in [0, 0.1) is 0 Å². The summed E-state index contributed by atoms with van der Waals surface area (Å²) in [5.41, 5.74) is 12.8. The minimum absolute atomic E-state index is 0.202. The predicted octanol–water partition coefficient (Wildman–Crippen LogP) is 7.51. The topological polar surface area (TPSA) is 20.3 Å². The number of hydrogen-bond donors (Lipinski definition) is 0. The van der Waals surface area contributed by atoms with E-state index in [1.807, 2.05) is 23.9 Å². The molecule has 0 saturated heterocycles. The summed E-state index contributed by atoms with van der Waals surface area (Å²) in [6.45, 7) is 0. The number of carbonyl (C=O) groups excluding carboxylic acids is 1. The molecule has 1 spiro atoms. The smallest absolute Gasteiger partial charge is 0.150 e. The average molecular weight is 484 g/mol. The van der Waals surface area contributed by atoms with E-state index in [0.717, 1.165) is 11.8 Å². The van der Waals surface area contributed by atoms with Crippen molar-refractivity contribution in [3.8, 4) is 0 Å². The van der Waals surface area contributed by atoms with Gasteiger partial charge in [0.1, 0.15) is 6.29 Å². The Kier molecular flexibility index (Phi) is 4.67. The maximum atomic E-state index is 11.3. The highest BCUT2D eigenvalue weighted by molar-refractivity contribution is 8.10. The first-order valence-corrected chi connectivity index (χ1v) is 13.1. The Labute approximate surface area is 216 Å². The third-order valence-corrected chi connectivity index (χ3v) is 9.36. The molecule has 1 aliphatic heterocycles. The highest BCUT2D eigenvalue weighted by Gasteiger charge is 2.55. The van der Waals surface area contributed by atoms with Crippen molar-refractivity contribution < 1.29 is 4.79 Å². The molecule has 4 aromatic rings. The van der Waals surface area contributed by atoms with Gasteiger partial charge in [0.05, 0.1) is 4.75 Å². The van der Waals surface area contributed by atoms with Crippen LogP contribution in [0.2, 0.25) is 0 Å². The van der Waals surface area contributed by atoms with Crippen LogP contribution in [-0.2, 0) is 4.75 Å². The van der Waals surface area contributed by atoms with Crippen LogP contribution >= 0.6 is 11.8 Å². The molecule has 4 aromatic carbocycles. The quantitative estimate of drug-likeness (QED) is 0.280. The number of hydrogen-bond acceptors (Lipinski definition) is 3. The number of carbonyl (C=O) groups is 1. The van der Waals surface area contributed by atoms with E-state index in [9.17, 15) is 4.79 Å². The molecule has 0 aromatic heterocycles. The van der Waals surface area contributed by atoms with Gasteiger partial charge >= 0.3 is 0 Å². The highest BCUT2D eigenvalue weighted by atomic mass is 32.2. The van der Waals surface area contributed by atoms with E-state index in [1.165, 1.54) is 49.6 Å². The fourth-order valence-electron chi connectivity index (χ4n) is 6.20. The van der Waals surface area contributed by atoms with Crippen LogP contribution in [0.5, 0.6) is 0 Å². The maximum Gasteiger partial charge on any atom is 0.150 e. The lowest BCUT2D eigenvalue weighted by molar-refractivity contribution is 0.112. The van der Waals surface area contributed by atoms with Crippen LogP contribution in [0.15, 0.2) is 109 Å². The second kappa shape index (κ2) is 7.84. The van der Waals surface area contributed by atoms with Gasteiger partial charge in [-0.1, -0.05) is 84.9 Å². The number of rotatable bonds is 4. The molecule has 3 aliphatic carbocycles. The van der Waals surface area contributed by atoms with Crippen molar-refractivity contribution in [2.24, 2.45) is 0 Å². The molecule has 0 fully saturated rings. The number of anilines is 1. The van der Waals surface area contributed by atoms with Crippen molar-refractivity contribution in [3.63, 3.8) is 0 Å². The van der Waals surface area contributed by atoms with E-state index < -0.39 is 0 Å². The number of nitrogens with zero attached hydrogens (tertiary/aromatic N) is 1. The summed E-state index contributed by atoms with van der Waals surface area (Å²) in [7, 11) is 4.17. The largest absolute Gasteiger partial charge is 0.378 e. The maximum absolute atomic E-state index is 11.3. The van der Waals surface area contributed by atoms with Gasteiger partial charge in [-0.25, -0.2) is 0 Å². The molecule has 0 unspecified atom stereocenters. The molecule has 4 aliphatic rings. The molecule has 0 N–H and O–H groups in total. The standard InChI is InChI=1S/C33H25NOS/c1-34(2)24-17-15-23(16-18-24)31-29-19-30(22-13-11-21(20-35)12-14-22)36-33(29)27-9-5-3-7-25(27)32(31)26-8-4-6-10-28(26)33/h3-20,32H,1-2H3. The van der Waals surface area contributed by atoms with E-state index >= 15 is 0 Å². The summed E-state index contributed by atoms with van der Waals surface area (Å²) in [6, 6.07) is 35.0. The number of aldehydes is 1. The Hall–Kier alpha value is -3.82. The lowest BCUT2D eigenvalue weighted by Gasteiger charge is -2.49. The van der Waals surface area contributed by atoms with Gasteiger partial charge < -0.3 is 4.90 Å². The third-order valence-electron chi connectivity index (χ3n) is 7.82. The van der Waals surface area contributed by atoms with Crippen LogP contribution < -0.4 is 4.90 Å². The molecule has 0 saturated carbocycles. The van der Waals surface area contributed by atoms with E-state index in [4.69, 9.17) is 0 Å². The Balaban J connectivity index is 1.52. The summed E-state index contributed by atoms with van der Waals surface area (Å²) >= 11 is 1.95. The van der Waals surface area contributed by atoms with Crippen molar-refractivity contribution >= 4 is 34.2 Å². The SMILES string of the molecule is CN(C)c1ccc(C2=C3C=C(c4ccc(C=O)cc4)SC34c3ccccc3C2c2ccccc24)cc1. The Morgan fingerprint density at radius 2 is 1.33 bits per heavy atom. The van der Waals surface area contributed by atoms with Crippen LogP contribution in [0.25, 0.3) is 10.5 Å². The van der Waals surface area contributed by atoms with Crippen molar-refractivity contribution in [1.29, 1.82) is 0 Å². The molecule has 3 heteroatoms. The molecule has 2 nitrogen and oxygen atoms in total. The Bertz CT molecular complexity index is 1540. The predicted molar refractivity (Wildman–Crippen MR) is 151 cm³/mol. The monoisotopic (exact) mass is 483 g/mol. The van der Waals surface area contributed by atoms with Gasteiger partial charge in [-0.05, 0) is 62.7 Å². The summed E-state index contributed by atoms with van der Waals surface area (Å²) < 4.78 is -0.282. The van der Waals surface area contributed by atoms with Gasteiger partial charge in [-0.15, -0.1) is 11.8 Å². The van der Waals surface area contributed by atoms with Gasteiger partial charge in [-0.3, -0.25) is 4.79 Å². The lowest BCUT2D eigenvalue weighted by atomic mass is 9.59. The fraction of sp³-hybridized carbons (Fsp3) is 0.121. The summed E-state index contributed by atoms with van der Waals surface area (Å²) in [4.78, 5) is 14.7. The van der Waals surface area contributed by atoms with E-state index in [1.54, 1.807) is 0 Å². The third kappa shape index (κ3) is 2.84. The minimum Gasteiger partial charge on any atom is -0.378 e. The summed E-state index contributed by atoms with van der Waals surface area (Å²) in [5.74, 6) is 0.202. The minimum atomic E-state index is -0.282. The van der Waals surface area contributed by atoms with Gasteiger partial charge in [0.25, 0.3) is 0 Å². The zero-order valence-electron chi connectivity index (χ0n) is 20.2. The zero-order valence-corrected chi connectivity index (χ0v) is 21.0. The number of thioether (sulfide) groups is 1. The molecule has 174 valence electrons. The molecular formula is C33H25NOS. The van der Waals surface area contributed by atoms with Crippen LogP contribution in [-0.4, -0.2) is 20.4 Å². The van der Waals surface area contributed by atoms with E-state index in [-0.39, 0.29) is 10.7 Å². The molecule has 2 bridgehead atoms. The van der Waals surface area contributed by atoms with Gasteiger partial charge in [-0.2, -0.15) is 0 Å². The Morgan fingerprint density at radius 3 is 1.92 bits per heavy atom. The van der Waals surface area contributed by atoms with Crippen molar-refractivity contribution in [2.75, 3.05) is 19.0 Å². The highest BCUT2D eigenvalue weighted by Crippen LogP contribution is 2.70. The fourth-order valence-corrected chi connectivity index (χ4v) is 7.83. The first kappa shape index (κ1) is 21.5. The Morgan fingerprint density at radius 1 is 0.750 bits per heavy atom. The second-order valence-corrected chi connectivity index (χ2v) is 11.2. The average Bonchev–Trinajstić information content (AvgIpc) is 3.35. The summed E-state index contributed by atoms with van der Waals surface area (Å²) in [5, 5.41) is 0. The van der Waals surface area contributed by atoms with Gasteiger partial charge in [0.2, 0.25) is 0 Å². The lowest BCUT2D eigenvalue weighted by Crippen LogP contribution is -2.37. The molecule has 8 rings (SSSR count). The van der Waals surface area contributed by atoms with E-state index in [0.29, 0.717) is 5.56 Å². The first-order chi connectivity index (χ1) is 17.6. The molecule has 36 heavy (non-hydrogen) atoms. The van der Waals surface area contributed by atoms with Gasteiger partial charge in [0.15, 0.2) is 0 Å². The van der Waals surface area contributed by atoms with Crippen LogP contribution in [0.3, 0.4) is 0 Å². The molecule has 1 heterocycles. The molecular weight excluding hydrogens is 458 g/mol. The first-order valence-electron chi connectivity index (χ1n) is 12.3. The van der Waals surface area contributed by atoms with Crippen molar-refractivity contribution in [3.05, 3.63) is 148 Å². The number of benzene rings is 4. The van der Waals surface area contributed by atoms with E-state index in [2.05, 4.69) is 110 Å². The van der Waals surface area contributed by atoms with Gasteiger partial charge in [0, 0.05) is 36.2 Å². The second-order valence-electron chi connectivity index (χ2n) is 9.91.